The maximum absolute atomic E-state index is 5.76. The van der Waals surface area contributed by atoms with Gasteiger partial charge < -0.3 is 24.7 Å². The zero-order valence-corrected chi connectivity index (χ0v) is 14.0. The molecule has 1 rings (SSSR count). The highest BCUT2D eigenvalue weighted by Gasteiger charge is 2.12. The third-order valence-corrected chi connectivity index (χ3v) is 3.54. The molecule has 5 nitrogen and oxygen atoms in total. The van der Waals surface area contributed by atoms with E-state index in [4.69, 9.17) is 24.7 Å². The van der Waals surface area contributed by atoms with Crippen molar-refractivity contribution < 1.29 is 18.9 Å². The molecule has 120 valence electrons. The van der Waals surface area contributed by atoms with Gasteiger partial charge in [0, 0.05) is 18.1 Å². The zero-order chi connectivity index (χ0) is 15.3. The average Bonchev–Trinajstić information content (AvgIpc) is 2.50. The third-order valence-electron chi connectivity index (χ3n) is 2.82. The molecule has 1 atom stereocenters. The summed E-state index contributed by atoms with van der Waals surface area (Å²) in [5.74, 6) is 0. The van der Waals surface area contributed by atoms with Crippen LogP contribution in [0.25, 0.3) is 0 Å². The summed E-state index contributed by atoms with van der Waals surface area (Å²) >= 11 is 3.51. The maximum atomic E-state index is 5.76. The van der Waals surface area contributed by atoms with E-state index < -0.39 is 0 Å². The molecule has 0 saturated carbocycles. The zero-order valence-electron chi connectivity index (χ0n) is 12.4. The number of ether oxygens (including phenoxy) is 4. The Hall–Kier alpha value is -0.500. The number of rotatable bonds is 12. The van der Waals surface area contributed by atoms with Crippen LogP contribution in [-0.2, 0) is 18.9 Å². The van der Waals surface area contributed by atoms with Crippen molar-refractivity contribution in [3.63, 3.8) is 0 Å². The Morgan fingerprint density at radius 2 is 1.62 bits per heavy atom. The number of methoxy groups -OCH3 is 1. The summed E-state index contributed by atoms with van der Waals surface area (Å²) in [6, 6.07) is 7.93. The van der Waals surface area contributed by atoms with E-state index in [2.05, 4.69) is 15.9 Å². The minimum Gasteiger partial charge on any atom is -0.382 e. The Labute approximate surface area is 134 Å². The minimum absolute atomic E-state index is 0.123. The summed E-state index contributed by atoms with van der Waals surface area (Å²) in [7, 11) is 1.65. The van der Waals surface area contributed by atoms with Crippen LogP contribution in [0.15, 0.2) is 28.7 Å². The van der Waals surface area contributed by atoms with E-state index in [0.29, 0.717) is 46.2 Å². The molecule has 1 aromatic carbocycles. The summed E-state index contributed by atoms with van der Waals surface area (Å²) in [6.45, 7) is 3.77. The van der Waals surface area contributed by atoms with Crippen molar-refractivity contribution in [1.29, 1.82) is 0 Å². The van der Waals surface area contributed by atoms with Gasteiger partial charge in [-0.25, -0.2) is 0 Å². The van der Waals surface area contributed by atoms with Crippen LogP contribution < -0.4 is 5.73 Å². The average molecular weight is 362 g/mol. The molecule has 6 heteroatoms. The molecule has 0 saturated heterocycles. The second-order valence-electron chi connectivity index (χ2n) is 4.33. The van der Waals surface area contributed by atoms with Gasteiger partial charge in [-0.15, -0.1) is 0 Å². The highest BCUT2D eigenvalue weighted by molar-refractivity contribution is 9.10. The minimum atomic E-state index is -0.123. The van der Waals surface area contributed by atoms with E-state index >= 15 is 0 Å². The summed E-state index contributed by atoms with van der Waals surface area (Å²) < 4.78 is 22.4. The first-order valence-corrected chi connectivity index (χ1v) is 7.79. The van der Waals surface area contributed by atoms with Crippen molar-refractivity contribution in [2.75, 3.05) is 53.3 Å². The lowest BCUT2D eigenvalue weighted by Crippen LogP contribution is -2.19. The smallest absolute Gasteiger partial charge is 0.0959 e. The monoisotopic (exact) mass is 361 g/mol. The van der Waals surface area contributed by atoms with Gasteiger partial charge in [-0.3, -0.25) is 0 Å². The van der Waals surface area contributed by atoms with Crippen LogP contribution in [0.2, 0.25) is 0 Å². The molecule has 1 unspecified atom stereocenters. The van der Waals surface area contributed by atoms with Gasteiger partial charge in [0.1, 0.15) is 0 Å². The van der Waals surface area contributed by atoms with Crippen LogP contribution in [0.1, 0.15) is 11.7 Å². The fourth-order valence-electron chi connectivity index (χ4n) is 1.73. The van der Waals surface area contributed by atoms with Gasteiger partial charge in [-0.05, 0) is 11.6 Å². The normalized spacial score (nSPS) is 12.5. The molecule has 0 aliphatic rings. The Morgan fingerprint density at radius 1 is 1.00 bits per heavy atom. The Bertz CT molecular complexity index is 378. The topological polar surface area (TPSA) is 62.9 Å². The highest BCUT2D eigenvalue weighted by Crippen LogP contribution is 2.24. The van der Waals surface area contributed by atoms with Gasteiger partial charge in [-0.1, -0.05) is 34.1 Å². The van der Waals surface area contributed by atoms with Crippen LogP contribution in [0, 0.1) is 0 Å². The predicted molar refractivity (Wildman–Crippen MR) is 85.4 cm³/mol. The molecule has 0 aliphatic carbocycles. The standard InChI is InChI=1S/C15H24BrNO4/c1-18-6-7-19-8-9-20-10-11-21-15(12-17)13-4-2-3-5-14(13)16/h2-5,15H,6-12,17H2,1H3. The molecule has 0 spiro atoms. The van der Waals surface area contributed by atoms with Crippen molar-refractivity contribution in [2.45, 2.75) is 6.10 Å². The molecule has 0 radical (unpaired) electrons. The third kappa shape index (κ3) is 7.90. The van der Waals surface area contributed by atoms with E-state index in [-0.39, 0.29) is 6.10 Å². The lowest BCUT2D eigenvalue weighted by Gasteiger charge is -2.17. The fourth-order valence-corrected chi connectivity index (χ4v) is 2.27. The molecular formula is C15H24BrNO4. The van der Waals surface area contributed by atoms with Crippen molar-refractivity contribution in [3.05, 3.63) is 34.3 Å². The van der Waals surface area contributed by atoms with Crippen LogP contribution >= 0.6 is 15.9 Å². The second-order valence-corrected chi connectivity index (χ2v) is 5.19. The van der Waals surface area contributed by atoms with Gasteiger partial charge in [0.05, 0.1) is 45.7 Å². The Balaban J connectivity index is 2.12. The molecule has 0 fully saturated rings. The molecule has 2 N–H and O–H groups in total. The molecule has 0 aromatic heterocycles. The molecule has 1 aromatic rings. The van der Waals surface area contributed by atoms with Gasteiger partial charge in [0.15, 0.2) is 0 Å². The molecule has 0 amide bonds. The van der Waals surface area contributed by atoms with E-state index in [0.717, 1.165) is 10.0 Å². The summed E-state index contributed by atoms with van der Waals surface area (Å²) in [4.78, 5) is 0. The number of hydrogen-bond donors (Lipinski definition) is 1. The molecule has 0 heterocycles. The lowest BCUT2D eigenvalue weighted by molar-refractivity contribution is -0.0149. The predicted octanol–water partition coefficient (Wildman–Crippen LogP) is 2.15. The van der Waals surface area contributed by atoms with E-state index in [1.54, 1.807) is 7.11 Å². The number of benzene rings is 1. The lowest BCUT2D eigenvalue weighted by atomic mass is 10.1. The van der Waals surface area contributed by atoms with E-state index in [9.17, 15) is 0 Å². The van der Waals surface area contributed by atoms with Crippen molar-refractivity contribution >= 4 is 15.9 Å². The van der Waals surface area contributed by atoms with Crippen LogP contribution in [0.3, 0.4) is 0 Å². The quantitative estimate of drug-likeness (QED) is 0.578. The first-order chi connectivity index (χ1) is 10.3. The van der Waals surface area contributed by atoms with Crippen molar-refractivity contribution in [3.8, 4) is 0 Å². The van der Waals surface area contributed by atoms with Gasteiger partial charge in [-0.2, -0.15) is 0 Å². The van der Waals surface area contributed by atoms with Crippen molar-refractivity contribution in [1.82, 2.24) is 0 Å². The Kier molecular flexibility index (Phi) is 10.7. The van der Waals surface area contributed by atoms with Crippen LogP contribution in [0.4, 0.5) is 0 Å². The van der Waals surface area contributed by atoms with Gasteiger partial charge >= 0.3 is 0 Å². The highest BCUT2D eigenvalue weighted by atomic mass is 79.9. The molecule has 21 heavy (non-hydrogen) atoms. The van der Waals surface area contributed by atoms with E-state index in [1.165, 1.54) is 0 Å². The van der Waals surface area contributed by atoms with Crippen LogP contribution in [-0.4, -0.2) is 53.3 Å². The van der Waals surface area contributed by atoms with Gasteiger partial charge in [0.25, 0.3) is 0 Å². The SMILES string of the molecule is COCCOCCOCCOC(CN)c1ccccc1Br. The fraction of sp³-hybridized carbons (Fsp3) is 0.600. The summed E-state index contributed by atoms with van der Waals surface area (Å²) in [5, 5.41) is 0. The first-order valence-electron chi connectivity index (χ1n) is 7.00. The number of halogens is 1. The van der Waals surface area contributed by atoms with Crippen molar-refractivity contribution in [2.24, 2.45) is 5.73 Å². The largest absolute Gasteiger partial charge is 0.382 e. The number of nitrogens with two attached hydrogens (primary N) is 1. The maximum Gasteiger partial charge on any atom is 0.0959 e. The van der Waals surface area contributed by atoms with Gasteiger partial charge in [0.2, 0.25) is 0 Å². The second kappa shape index (κ2) is 12.1. The number of hydrogen-bond acceptors (Lipinski definition) is 5. The first kappa shape index (κ1) is 18.5. The Morgan fingerprint density at radius 3 is 2.24 bits per heavy atom. The van der Waals surface area contributed by atoms with E-state index in [1.807, 2.05) is 24.3 Å². The molecule has 0 aliphatic heterocycles. The van der Waals surface area contributed by atoms with Crippen LogP contribution in [0.5, 0.6) is 0 Å². The molecule has 0 bridgehead atoms. The summed E-state index contributed by atoms with van der Waals surface area (Å²) in [6.07, 6.45) is -0.123. The summed E-state index contributed by atoms with van der Waals surface area (Å²) in [5.41, 5.74) is 6.82. The molecular weight excluding hydrogens is 338 g/mol.